The summed E-state index contributed by atoms with van der Waals surface area (Å²) in [6.07, 6.45) is 6.14. The Labute approximate surface area is 263 Å². The lowest BCUT2D eigenvalue weighted by Crippen LogP contribution is -2.45. The van der Waals surface area contributed by atoms with Gasteiger partial charge in [-0.15, -0.1) is 0 Å². The molecule has 8 nitrogen and oxygen atoms in total. The third-order valence-electron chi connectivity index (χ3n) is 8.57. The first-order valence-electron chi connectivity index (χ1n) is 15.9. The summed E-state index contributed by atoms with van der Waals surface area (Å²) in [7, 11) is 0. The van der Waals surface area contributed by atoms with Crippen LogP contribution in [0.1, 0.15) is 91.0 Å². The SMILES string of the molecule is CC(C)c1nc2c(c(-c3ccc(F)cc3)c1/C=C/[C@@H](O)C[C@@H](O)CC(=O)O)CCCc1ccc(C(=O)NN3CCCCC3)cc1-2. The number of carboxylic acids is 1. The molecule has 9 heteroatoms. The van der Waals surface area contributed by atoms with Crippen molar-refractivity contribution in [3.05, 3.63) is 82.3 Å². The first-order chi connectivity index (χ1) is 21.6. The van der Waals surface area contributed by atoms with Crippen molar-refractivity contribution in [1.82, 2.24) is 15.4 Å². The van der Waals surface area contributed by atoms with Crippen LogP contribution in [0, 0.1) is 5.82 Å². The number of carbonyl (C=O) groups excluding carboxylic acids is 1. The molecule has 0 radical (unpaired) electrons. The van der Waals surface area contributed by atoms with Crippen LogP contribution in [0.25, 0.3) is 28.5 Å². The highest BCUT2D eigenvalue weighted by Crippen LogP contribution is 2.42. The fourth-order valence-corrected chi connectivity index (χ4v) is 6.35. The van der Waals surface area contributed by atoms with Crippen LogP contribution in [-0.4, -0.2) is 62.5 Å². The number of carboxylic acid groups (broad SMARTS) is 1. The van der Waals surface area contributed by atoms with E-state index in [1.807, 2.05) is 37.1 Å². The standard InChI is InChI=1S/C36H42FN3O5/c1-22(2)34-30(16-15-27(41)20-28(42)21-32(43)44)33(24-11-13-26(37)14-12-24)29-8-6-7-23-9-10-25(19-31(23)35(29)38-34)36(45)39-40-17-4-3-5-18-40/h9-16,19,22,27-28,41-42H,3-8,17-18,20-21H2,1-2H3,(H,39,45)(H,43,44)/b16-15+/t27-,28-/m1/s1. The summed E-state index contributed by atoms with van der Waals surface area (Å²) in [5.74, 6) is -1.66. The summed E-state index contributed by atoms with van der Waals surface area (Å²) in [6, 6.07) is 12.2. The number of nitrogens with one attached hydrogen (secondary N) is 1. The van der Waals surface area contributed by atoms with E-state index in [1.165, 1.54) is 18.6 Å². The Morgan fingerprint density at radius 3 is 2.44 bits per heavy atom. The summed E-state index contributed by atoms with van der Waals surface area (Å²) in [5.41, 5.74) is 10.7. The molecule has 5 rings (SSSR count). The van der Waals surface area contributed by atoms with Gasteiger partial charge in [-0.2, -0.15) is 0 Å². The highest BCUT2D eigenvalue weighted by Gasteiger charge is 2.26. The summed E-state index contributed by atoms with van der Waals surface area (Å²) in [4.78, 5) is 29.6. The first-order valence-corrected chi connectivity index (χ1v) is 15.9. The monoisotopic (exact) mass is 615 g/mol. The third kappa shape index (κ3) is 7.84. The van der Waals surface area contributed by atoms with Gasteiger partial charge < -0.3 is 15.3 Å². The van der Waals surface area contributed by atoms with Crippen molar-refractivity contribution < 1.29 is 29.3 Å². The number of hydrazine groups is 1. The van der Waals surface area contributed by atoms with Gasteiger partial charge in [-0.05, 0) is 84.5 Å². The zero-order valence-electron chi connectivity index (χ0n) is 25.9. The number of aliphatic carboxylic acids is 1. The molecule has 238 valence electrons. The maximum Gasteiger partial charge on any atom is 0.305 e. The van der Waals surface area contributed by atoms with Gasteiger partial charge in [-0.25, -0.2) is 9.40 Å². The van der Waals surface area contributed by atoms with Crippen molar-refractivity contribution in [1.29, 1.82) is 0 Å². The highest BCUT2D eigenvalue weighted by molar-refractivity contribution is 5.96. The second-order valence-electron chi connectivity index (χ2n) is 12.4. The van der Waals surface area contributed by atoms with Crippen molar-refractivity contribution >= 4 is 18.0 Å². The molecule has 0 bridgehead atoms. The Balaban J connectivity index is 1.62. The lowest BCUT2D eigenvalue weighted by Gasteiger charge is -2.27. The van der Waals surface area contributed by atoms with E-state index in [1.54, 1.807) is 24.3 Å². The number of aliphatic hydroxyl groups excluding tert-OH is 2. The maximum absolute atomic E-state index is 14.1. The fourth-order valence-electron chi connectivity index (χ4n) is 6.35. The van der Waals surface area contributed by atoms with E-state index in [0.29, 0.717) is 12.0 Å². The van der Waals surface area contributed by atoms with E-state index in [9.17, 15) is 24.2 Å². The lowest BCUT2D eigenvalue weighted by atomic mass is 9.86. The van der Waals surface area contributed by atoms with Crippen LogP contribution in [0.2, 0.25) is 0 Å². The van der Waals surface area contributed by atoms with Crippen LogP contribution in [-0.2, 0) is 17.6 Å². The smallest absolute Gasteiger partial charge is 0.305 e. The predicted molar refractivity (Wildman–Crippen MR) is 172 cm³/mol. The van der Waals surface area contributed by atoms with Gasteiger partial charge in [0.15, 0.2) is 0 Å². The molecular formula is C36H42FN3O5. The van der Waals surface area contributed by atoms with E-state index in [4.69, 9.17) is 10.1 Å². The molecule has 2 aliphatic rings. The number of hydrogen-bond donors (Lipinski definition) is 4. The molecular weight excluding hydrogens is 573 g/mol. The molecule has 3 aromatic rings. The number of aliphatic hydroxyl groups is 2. The average molecular weight is 616 g/mol. The van der Waals surface area contributed by atoms with Crippen LogP contribution in [0.15, 0.2) is 48.5 Å². The van der Waals surface area contributed by atoms with Gasteiger partial charge in [0.05, 0.1) is 30.0 Å². The number of hydrogen-bond acceptors (Lipinski definition) is 6. The lowest BCUT2D eigenvalue weighted by molar-refractivity contribution is -0.139. The fraction of sp³-hybridized carbons (Fsp3) is 0.417. The number of rotatable bonds is 10. The normalized spacial score (nSPS) is 16.6. The number of halogens is 1. The predicted octanol–water partition coefficient (Wildman–Crippen LogP) is 5.90. The van der Waals surface area contributed by atoms with E-state index < -0.39 is 24.6 Å². The molecule has 1 saturated heterocycles. The Bertz CT molecular complexity index is 1560. The second kappa shape index (κ2) is 14.5. The number of aromatic nitrogens is 1. The minimum atomic E-state index is -1.19. The zero-order valence-corrected chi connectivity index (χ0v) is 25.9. The number of aryl methyl sites for hydroxylation is 1. The summed E-state index contributed by atoms with van der Waals surface area (Å²) >= 11 is 0. The maximum atomic E-state index is 14.1. The van der Waals surface area contributed by atoms with E-state index in [2.05, 4.69) is 5.43 Å². The van der Waals surface area contributed by atoms with E-state index in [-0.39, 0.29) is 24.1 Å². The molecule has 1 fully saturated rings. The van der Waals surface area contributed by atoms with Crippen LogP contribution >= 0.6 is 0 Å². The number of piperidine rings is 1. The van der Waals surface area contributed by atoms with Gasteiger partial charge in [0.1, 0.15) is 5.82 Å². The second-order valence-corrected chi connectivity index (χ2v) is 12.4. The van der Waals surface area contributed by atoms with Crippen LogP contribution < -0.4 is 5.43 Å². The Morgan fingerprint density at radius 1 is 1.02 bits per heavy atom. The number of benzene rings is 2. The molecule has 45 heavy (non-hydrogen) atoms. The minimum Gasteiger partial charge on any atom is -0.481 e. The highest BCUT2D eigenvalue weighted by atomic mass is 19.1. The topological polar surface area (TPSA) is 123 Å². The largest absolute Gasteiger partial charge is 0.481 e. The van der Waals surface area contributed by atoms with Crippen molar-refractivity contribution in [2.24, 2.45) is 0 Å². The third-order valence-corrected chi connectivity index (χ3v) is 8.57. The molecule has 1 aromatic heterocycles. The Morgan fingerprint density at radius 2 is 1.76 bits per heavy atom. The molecule has 1 aliphatic heterocycles. The van der Waals surface area contributed by atoms with Crippen molar-refractivity contribution in [2.75, 3.05) is 13.1 Å². The Hall–Kier alpha value is -3.92. The summed E-state index contributed by atoms with van der Waals surface area (Å²) in [6.45, 7) is 5.74. The number of fused-ring (bicyclic) bond motifs is 3. The quantitative estimate of drug-likeness (QED) is 0.224. The van der Waals surface area contributed by atoms with E-state index in [0.717, 1.165) is 83.5 Å². The summed E-state index contributed by atoms with van der Waals surface area (Å²) in [5, 5.41) is 31.7. The van der Waals surface area contributed by atoms with Gasteiger partial charge in [-0.3, -0.25) is 20.0 Å². The molecule has 4 N–H and O–H groups in total. The van der Waals surface area contributed by atoms with Crippen LogP contribution in [0.3, 0.4) is 0 Å². The number of amides is 1. The number of pyridine rings is 1. The van der Waals surface area contributed by atoms with Crippen molar-refractivity contribution in [2.45, 2.75) is 83.3 Å². The van der Waals surface area contributed by atoms with E-state index >= 15 is 0 Å². The molecule has 2 heterocycles. The molecule has 1 amide bonds. The van der Waals surface area contributed by atoms with Gasteiger partial charge in [0.25, 0.3) is 5.91 Å². The summed E-state index contributed by atoms with van der Waals surface area (Å²) < 4.78 is 14.1. The van der Waals surface area contributed by atoms with Crippen LogP contribution in [0.5, 0.6) is 0 Å². The van der Waals surface area contributed by atoms with Gasteiger partial charge in [-0.1, -0.05) is 50.6 Å². The Kier molecular flexibility index (Phi) is 10.4. The van der Waals surface area contributed by atoms with Gasteiger partial charge >= 0.3 is 5.97 Å². The van der Waals surface area contributed by atoms with Crippen molar-refractivity contribution in [3.8, 4) is 22.4 Å². The molecule has 0 saturated carbocycles. The average Bonchev–Trinajstić information content (AvgIpc) is 3.18. The molecule has 0 spiro atoms. The molecule has 2 atom stereocenters. The molecule has 1 aliphatic carbocycles. The minimum absolute atomic E-state index is 0.0267. The molecule has 0 unspecified atom stereocenters. The van der Waals surface area contributed by atoms with Gasteiger partial charge in [0, 0.05) is 36.2 Å². The van der Waals surface area contributed by atoms with Gasteiger partial charge in [0.2, 0.25) is 0 Å². The molecule has 2 aromatic carbocycles. The zero-order chi connectivity index (χ0) is 32.1. The van der Waals surface area contributed by atoms with Crippen molar-refractivity contribution in [3.63, 3.8) is 0 Å². The van der Waals surface area contributed by atoms with Crippen LogP contribution in [0.4, 0.5) is 4.39 Å². The number of carbonyl (C=O) groups is 2. The first kappa shape index (κ1) is 32.5. The number of nitrogens with zero attached hydrogens (tertiary/aromatic N) is 2.